The molecule has 1 heterocycles. The van der Waals surface area contributed by atoms with Crippen molar-refractivity contribution in [1.29, 1.82) is 0 Å². The molecule has 32 heavy (non-hydrogen) atoms. The quantitative estimate of drug-likeness (QED) is 0.352. The Morgan fingerprint density at radius 1 is 1.03 bits per heavy atom. The minimum atomic E-state index is -0.978. The van der Waals surface area contributed by atoms with Gasteiger partial charge in [-0.1, -0.05) is 29.3 Å². The largest absolute Gasteiger partial charge is 0.507 e. The van der Waals surface area contributed by atoms with Crippen molar-refractivity contribution in [2.24, 2.45) is 0 Å². The van der Waals surface area contributed by atoms with Gasteiger partial charge in [0.05, 0.1) is 48.1 Å². The average molecular weight is 482 g/mol. The molecule has 0 radical (unpaired) electrons. The average Bonchev–Trinajstić information content (AvgIpc) is 3.03. The van der Waals surface area contributed by atoms with Crippen molar-refractivity contribution >= 4 is 40.7 Å². The molecule has 1 atom stereocenters. The Morgan fingerprint density at radius 2 is 1.72 bits per heavy atom. The molecule has 0 aliphatic carbocycles. The number of methoxy groups -OCH3 is 3. The molecule has 1 aliphatic heterocycles. The summed E-state index contributed by atoms with van der Waals surface area (Å²) in [6, 6.07) is 6.16. The topological polar surface area (TPSA) is 106 Å². The van der Waals surface area contributed by atoms with E-state index >= 15 is 0 Å². The van der Waals surface area contributed by atoms with Crippen LogP contribution in [-0.4, -0.2) is 61.3 Å². The number of carbonyl (C=O) groups is 2. The molecule has 8 nitrogen and oxygen atoms in total. The Labute approximate surface area is 194 Å². The summed E-state index contributed by atoms with van der Waals surface area (Å²) in [4.78, 5) is 27.1. The van der Waals surface area contributed by atoms with Crippen molar-refractivity contribution < 1.29 is 34.0 Å². The predicted molar refractivity (Wildman–Crippen MR) is 119 cm³/mol. The maximum absolute atomic E-state index is 13.0. The minimum Gasteiger partial charge on any atom is -0.507 e. The molecule has 170 valence electrons. The van der Waals surface area contributed by atoms with Crippen LogP contribution in [0.25, 0.3) is 5.76 Å². The van der Waals surface area contributed by atoms with Crippen molar-refractivity contribution in [2.45, 2.75) is 6.04 Å². The van der Waals surface area contributed by atoms with Crippen LogP contribution in [0, 0.1) is 0 Å². The summed E-state index contributed by atoms with van der Waals surface area (Å²) in [5.41, 5.74) is 0.355. The fourth-order valence-electron chi connectivity index (χ4n) is 3.53. The maximum atomic E-state index is 13.0. The number of benzene rings is 2. The summed E-state index contributed by atoms with van der Waals surface area (Å²) in [6.07, 6.45) is 0. The van der Waals surface area contributed by atoms with Gasteiger partial charge in [-0.25, -0.2) is 0 Å². The van der Waals surface area contributed by atoms with E-state index in [1.54, 1.807) is 0 Å². The number of halogens is 2. The first-order valence-electron chi connectivity index (χ1n) is 9.42. The molecular formula is C22H21Cl2NO7. The van der Waals surface area contributed by atoms with E-state index in [2.05, 4.69) is 0 Å². The second-order valence-corrected chi connectivity index (χ2v) is 7.70. The van der Waals surface area contributed by atoms with Gasteiger partial charge in [0.2, 0.25) is 0 Å². The Kier molecular flexibility index (Phi) is 7.18. The molecule has 1 amide bonds. The van der Waals surface area contributed by atoms with E-state index in [1.807, 2.05) is 0 Å². The number of carbonyl (C=O) groups excluding carboxylic acids is 2. The molecule has 1 aliphatic rings. The Bertz CT molecular complexity index is 1100. The predicted octanol–water partition coefficient (Wildman–Crippen LogP) is 3.78. The number of rotatable bonds is 7. The van der Waals surface area contributed by atoms with Crippen LogP contribution in [0.2, 0.25) is 10.0 Å². The highest BCUT2D eigenvalue weighted by atomic mass is 35.5. The monoisotopic (exact) mass is 481 g/mol. The van der Waals surface area contributed by atoms with Crippen LogP contribution in [0.4, 0.5) is 0 Å². The van der Waals surface area contributed by atoms with E-state index in [4.69, 9.17) is 37.4 Å². The van der Waals surface area contributed by atoms with Gasteiger partial charge in [0.1, 0.15) is 23.0 Å². The lowest BCUT2D eigenvalue weighted by Crippen LogP contribution is -2.32. The zero-order valence-electron chi connectivity index (χ0n) is 17.5. The highest BCUT2D eigenvalue weighted by Crippen LogP contribution is 2.43. The molecule has 1 saturated heterocycles. The van der Waals surface area contributed by atoms with Gasteiger partial charge in [-0.3, -0.25) is 9.59 Å². The second kappa shape index (κ2) is 9.68. The smallest absolute Gasteiger partial charge is 0.295 e. The molecule has 0 spiro atoms. The highest BCUT2D eigenvalue weighted by molar-refractivity contribution is 6.46. The number of amides is 1. The number of hydrogen-bond donors (Lipinski definition) is 2. The molecule has 2 aromatic carbocycles. The van der Waals surface area contributed by atoms with Gasteiger partial charge in [-0.15, -0.1) is 0 Å². The molecule has 1 fully saturated rings. The Hall–Kier alpha value is -2.94. The lowest BCUT2D eigenvalue weighted by atomic mass is 9.95. The number of aromatic hydroxyl groups is 1. The molecule has 1 unspecified atom stereocenters. The van der Waals surface area contributed by atoms with E-state index < -0.39 is 23.5 Å². The number of nitrogens with zero attached hydrogens (tertiary/aromatic N) is 1. The van der Waals surface area contributed by atoms with Gasteiger partial charge >= 0.3 is 0 Å². The van der Waals surface area contributed by atoms with Gasteiger partial charge in [0.25, 0.3) is 11.7 Å². The molecule has 0 bridgehead atoms. The van der Waals surface area contributed by atoms with Gasteiger partial charge in [0, 0.05) is 19.7 Å². The summed E-state index contributed by atoms with van der Waals surface area (Å²) in [5, 5.41) is 21.2. The minimum absolute atomic E-state index is 0.0323. The first-order chi connectivity index (χ1) is 15.2. The van der Waals surface area contributed by atoms with Crippen LogP contribution in [0.15, 0.2) is 35.9 Å². The van der Waals surface area contributed by atoms with Gasteiger partial charge < -0.3 is 29.3 Å². The van der Waals surface area contributed by atoms with E-state index in [1.165, 1.54) is 56.6 Å². The second-order valence-electron chi connectivity index (χ2n) is 6.88. The highest BCUT2D eigenvalue weighted by Gasteiger charge is 2.46. The number of ether oxygens (including phenoxy) is 3. The van der Waals surface area contributed by atoms with Crippen LogP contribution < -0.4 is 9.47 Å². The first-order valence-corrected chi connectivity index (χ1v) is 10.2. The number of likely N-dealkylation sites (tertiary alicyclic amines) is 1. The van der Waals surface area contributed by atoms with Crippen molar-refractivity contribution in [1.82, 2.24) is 4.90 Å². The van der Waals surface area contributed by atoms with Crippen LogP contribution in [0.5, 0.6) is 17.2 Å². The number of phenolic OH excluding ortho intramolecular Hbond substituents is 1. The fraction of sp³-hybridized carbons (Fsp3) is 0.273. The third-order valence-electron chi connectivity index (χ3n) is 5.09. The van der Waals surface area contributed by atoms with Crippen molar-refractivity contribution in [3.05, 3.63) is 57.1 Å². The standard InChI is InChI=1S/C22H21Cl2NO7/c1-30-7-6-25-19(11-4-5-15(26)13(23)8-11)18(21(28)22(25)29)20(27)12-9-14(24)17(32-3)10-16(12)31-2/h4-5,8-10,19,26-27H,6-7H2,1-3H3/b20-18+. The number of ketones is 1. The third kappa shape index (κ3) is 4.21. The summed E-state index contributed by atoms with van der Waals surface area (Å²) in [6.45, 7) is 0.245. The molecule has 2 N–H and O–H groups in total. The van der Waals surface area contributed by atoms with Crippen LogP contribution in [0.3, 0.4) is 0 Å². The fourth-order valence-corrected chi connectivity index (χ4v) is 3.96. The van der Waals surface area contributed by atoms with Crippen LogP contribution >= 0.6 is 23.2 Å². The Balaban J connectivity index is 2.26. The zero-order chi connectivity index (χ0) is 23.6. The molecular weight excluding hydrogens is 461 g/mol. The van der Waals surface area contributed by atoms with Crippen LogP contribution in [0.1, 0.15) is 17.2 Å². The molecule has 0 aromatic heterocycles. The van der Waals surface area contributed by atoms with Gasteiger partial charge in [-0.2, -0.15) is 0 Å². The SMILES string of the molecule is COCCN1C(=O)C(=O)/C(=C(/O)c2cc(Cl)c(OC)cc2OC)C1c1ccc(O)c(Cl)c1. The maximum Gasteiger partial charge on any atom is 0.295 e. The zero-order valence-corrected chi connectivity index (χ0v) is 19.0. The van der Waals surface area contributed by atoms with E-state index in [-0.39, 0.29) is 45.8 Å². The number of phenols is 1. The lowest BCUT2D eigenvalue weighted by molar-refractivity contribution is -0.140. The van der Waals surface area contributed by atoms with Crippen LogP contribution in [-0.2, 0) is 14.3 Å². The van der Waals surface area contributed by atoms with Gasteiger partial charge in [0.15, 0.2) is 0 Å². The van der Waals surface area contributed by atoms with E-state index in [0.717, 1.165) is 0 Å². The molecule has 2 aromatic rings. The van der Waals surface area contributed by atoms with Crippen molar-refractivity contribution in [2.75, 3.05) is 34.5 Å². The number of Topliss-reactive ketones (excluding diaryl/α,β-unsaturated/α-hetero) is 1. The van der Waals surface area contributed by atoms with Gasteiger partial charge in [-0.05, 0) is 23.8 Å². The molecule has 10 heteroatoms. The summed E-state index contributed by atoms with van der Waals surface area (Å²) in [5.74, 6) is -1.83. The normalized spacial score (nSPS) is 17.7. The van der Waals surface area contributed by atoms with Crippen molar-refractivity contribution in [3.8, 4) is 17.2 Å². The number of aliphatic hydroxyl groups excluding tert-OH is 1. The number of hydrogen-bond acceptors (Lipinski definition) is 7. The number of aliphatic hydroxyl groups is 1. The first kappa shape index (κ1) is 23.7. The summed E-state index contributed by atoms with van der Waals surface area (Å²) < 4.78 is 15.6. The molecule has 0 saturated carbocycles. The molecule has 3 rings (SSSR count). The Morgan fingerprint density at radius 3 is 2.31 bits per heavy atom. The third-order valence-corrected chi connectivity index (χ3v) is 5.69. The summed E-state index contributed by atoms with van der Waals surface area (Å²) in [7, 11) is 4.27. The van der Waals surface area contributed by atoms with E-state index in [9.17, 15) is 19.8 Å². The lowest BCUT2D eigenvalue weighted by Gasteiger charge is -2.25. The van der Waals surface area contributed by atoms with E-state index in [0.29, 0.717) is 11.3 Å². The summed E-state index contributed by atoms with van der Waals surface area (Å²) >= 11 is 12.3. The van der Waals surface area contributed by atoms with Crippen molar-refractivity contribution in [3.63, 3.8) is 0 Å².